The SMILES string of the molecule is Cc1cccc(NS(=O)(=O)c2ccc(C)c(C(=O)N3CC(C)OC(C)C3)c2)c1. The average Bonchev–Trinajstić information content (AvgIpc) is 2.60. The maximum absolute atomic E-state index is 13.0. The standard InChI is InChI=1S/C21H26N2O4S/c1-14-6-5-7-18(10-14)22-28(25,26)19-9-8-15(2)20(11-19)21(24)23-12-16(3)27-17(4)13-23/h5-11,16-17,22H,12-13H2,1-4H3. The van der Waals surface area contributed by atoms with Gasteiger partial charge in [0.2, 0.25) is 0 Å². The highest BCUT2D eigenvalue weighted by Crippen LogP contribution is 2.22. The number of amides is 1. The number of nitrogens with zero attached hydrogens (tertiary/aromatic N) is 1. The number of anilines is 1. The molecule has 0 aliphatic carbocycles. The van der Waals surface area contributed by atoms with Crippen LogP contribution in [0.25, 0.3) is 0 Å². The van der Waals surface area contributed by atoms with Crippen molar-refractivity contribution in [2.24, 2.45) is 0 Å². The molecule has 2 unspecified atom stereocenters. The quantitative estimate of drug-likeness (QED) is 0.851. The fraction of sp³-hybridized carbons (Fsp3) is 0.381. The van der Waals surface area contributed by atoms with Crippen molar-refractivity contribution >= 4 is 21.6 Å². The van der Waals surface area contributed by atoms with Gasteiger partial charge in [-0.05, 0) is 63.1 Å². The number of carbonyl (C=O) groups is 1. The van der Waals surface area contributed by atoms with Gasteiger partial charge in [0.25, 0.3) is 15.9 Å². The number of benzene rings is 2. The molecule has 1 aliphatic heterocycles. The molecule has 2 aromatic carbocycles. The van der Waals surface area contributed by atoms with E-state index in [2.05, 4.69) is 4.72 Å². The third kappa shape index (κ3) is 4.54. The fourth-order valence-corrected chi connectivity index (χ4v) is 4.51. The molecule has 150 valence electrons. The van der Waals surface area contributed by atoms with Gasteiger partial charge in [-0.2, -0.15) is 0 Å². The van der Waals surface area contributed by atoms with Gasteiger partial charge in [-0.3, -0.25) is 9.52 Å². The van der Waals surface area contributed by atoms with Gasteiger partial charge in [-0.1, -0.05) is 18.2 Å². The van der Waals surface area contributed by atoms with Crippen molar-refractivity contribution in [1.82, 2.24) is 4.90 Å². The second-order valence-electron chi connectivity index (χ2n) is 7.42. The molecule has 0 bridgehead atoms. The lowest BCUT2D eigenvalue weighted by molar-refractivity contribution is -0.0586. The van der Waals surface area contributed by atoms with Gasteiger partial charge in [0.15, 0.2) is 0 Å². The minimum Gasteiger partial charge on any atom is -0.372 e. The highest BCUT2D eigenvalue weighted by atomic mass is 32.2. The summed E-state index contributed by atoms with van der Waals surface area (Å²) in [6.45, 7) is 8.53. The summed E-state index contributed by atoms with van der Waals surface area (Å²) < 4.78 is 33.9. The third-order valence-corrected chi connectivity index (χ3v) is 6.11. The van der Waals surface area contributed by atoms with Gasteiger partial charge < -0.3 is 9.64 Å². The van der Waals surface area contributed by atoms with Crippen LogP contribution in [-0.2, 0) is 14.8 Å². The van der Waals surface area contributed by atoms with E-state index >= 15 is 0 Å². The van der Waals surface area contributed by atoms with Crippen molar-refractivity contribution < 1.29 is 17.9 Å². The Bertz CT molecular complexity index is 978. The largest absolute Gasteiger partial charge is 0.372 e. The molecule has 1 fully saturated rings. The molecule has 2 aromatic rings. The maximum atomic E-state index is 13.0. The normalized spacial score (nSPS) is 20.1. The van der Waals surface area contributed by atoms with Crippen molar-refractivity contribution in [3.8, 4) is 0 Å². The lowest BCUT2D eigenvalue weighted by Crippen LogP contribution is -2.48. The second kappa shape index (κ2) is 7.93. The van der Waals surface area contributed by atoms with Crippen LogP contribution in [0.4, 0.5) is 5.69 Å². The van der Waals surface area contributed by atoms with Gasteiger partial charge in [0.05, 0.1) is 17.1 Å². The lowest BCUT2D eigenvalue weighted by Gasteiger charge is -2.35. The predicted molar refractivity (Wildman–Crippen MR) is 109 cm³/mol. The summed E-state index contributed by atoms with van der Waals surface area (Å²) in [6.07, 6.45) is -0.106. The molecule has 0 aromatic heterocycles. The van der Waals surface area contributed by atoms with Crippen molar-refractivity contribution in [3.63, 3.8) is 0 Å². The number of sulfonamides is 1. The van der Waals surface area contributed by atoms with Gasteiger partial charge >= 0.3 is 0 Å². The molecule has 28 heavy (non-hydrogen) atoms. The van der Waals surface area contributed by atoms with Crippen LogP contribution in [-0.4, -0.2) is 44.5 Å². The maximum Gasteiger partial charge on any atom is 0.261 e. The van der Waals surface area contributed by atoms with Gasteiger partial charge in [-0.25, -0.2) is 8.42 Å². The summed E-state index contributed by atoms with van der Waals surface area (Å²) in [4.78, 5) is 14.8. The minimum absolute atomic E-state index is 0.0529. The minimum atomic E-state index is -3.80. The van der Waals surface area contributed by atoms with Crippen molar-refractivity contribution in [3.05, 3.63) is 59.2 Å². The fourth-order valence-electron chi connectivity index (χ4n) is 3.44. The van der Waals surface area contributed by atoms with E-state index in [0.29, 0.717) is 24.3 Å². The van der Waals surface area contributed by atoms with E-state index in [1.54, 1.807) is 29.2 Å². The molecule has 0 radical (unpaired) electrons. The van der Waals surface area contributed by atoms with E-state index in [1.165, 1.54) is 12.1 Å². The van der Waals surface area contributed by atoms with Crippen LogP contribution in [0.3, 0.4) is 0 Å². The molecule has 2 atom stereocenters. The molecular weight excluding hydrogens is 376 g/mol. The summed E-state index contributed by atoms with van der Waals surface area (Å²) >= 11 is 0. The van der Waals surface area contributed by atoms with Crippen molar-refractivity contribution in [2.45, 2.75) is 44.8 Å². The van der Waals surface area contributed by atoms with Crippen LogP contribution >= 0.6 is 0 Å². The summed E-state index contributed by atoms with van der Waals surface area (Å²) in [5.74, 6) is -0.174. The number of carbonyl (C=O) groups excluding carboxylic acids is 1. The molecule has 1 amide bonds. The van der Waals surface area contributed by atoms with Crippen LogP contribution in [0.5, 0.6) is 0 Å². The Hall–Kier alpha value is -2.38. The van der Waals surface area contributed by atoms with Crippen LogP contribution in [0.2, 0.25) is 0 Å². The second-order valence-corrected chi connectivity index (χ2v) is 9.10. The topological polar surface area (TPSA) is 75.7 Å². The number of hydrogen-bond donors (Lipinski definition) is 1. The van der Waals surface area contributed by atoms with Crippen molar-refractivity contribution in [1.29, 1.82) is 0 Å². The Kier molecular flexibility index (Phi) is 5.76. The summed E-state index contributed by atoms with van der Waals surface area (Å²) in [6, 6.07) is 11.8. The van der Waals surface area contributed by atoms with Crippen LogP contribution in [0.15, 0.2) is 47.4 Å². The smallest absolute Gasteiger partial charge is 0.261 e. The molecule has 6 nitrogen and oxygen atoms in total. The van der Waals surface area contributed by atoms with E-state index in [0.717, 1.165) is 11.1 Å². The number of morpholine rings is 1. The molecule has 3 rings (SSSR count). The Balaban J connectivity index is 1.89. The van der Waals surface area contributed by atoms with Gasteiger partial charge in [0.1, 0.15) is 0 Å². The molecule has 1 N–H and O–H groups in total. The zero-order chi connectivity index (χ0) is 20.5. The molecule has 7 heteroatoms. The zero-order valence-corrected chi connectivity index (χ0v) is 17.4. The first-order valence-corrected chi connectivity index (χ1v) is 10.8. The highest BCUT2D eigenvalue weighted by molar-refractivity contribution is 7.92. The average molecular weight is 403 g/mol. The molecule has 0 spiro atoms. The Labute approximate surface area is 166 Å². The Morgan fingerprint density at radius 3 is 2.39 bits per heavy atom. The molecule has 1 aliphatic rings. The highest BCUT2D eigenvalue weighted by Gasteiger charge is 2.28. The third-order valence-electron chi connectivity index (χ3n) is 4.73. The van der Waals surface area contributed by atoms with Crippen LogP contribution in [0, 0.1) is 13.8 Å². The molecular formula is C21H26N2O4S. The summed E-state index contributed by atoms with van der Waals surface area (Å²) in [7, 11) is -3.80. The van der Waals surface area contributed by atoms with Gasteiger partial charge in [-0.15, -0.1) is 0 Å². The molecule has 1 heterocycles. The Morgan fingerprint density at radius 1 is 1.07 bits per heavy atom. The molecule has 0 saturated carbocycles. The number of rotatable bonds is 4. The predicted octanol–water partition coefficient (Wildman–Crippen LogP) is 3.35. The number of ether oxygens (including phenoxy) is 1. The number of hydrogen-bond acceptors (Lipinski definition) is 4. The van der Waals surface area contributed by atoms with E-state index in [9.17, 15) is 13.2 Å². The number of nitrogens with one attached hydrogen (secondary N) is 1. The van der Waals surface area contributed by atoms with E-state index in [-0.39, 0.29) is 23.0 Å². The number of aryl methyl sites for hydroxylation is 2. The van der Waals surface area contributed by atoms with E-state index in [1.807, 2.05) is 33.8 Å². The first-order valence-electron chi connectivity index (χ1n) is 9.30. The van der Waals surface area contributed by atoms with Crippen LogP contribution in [0.1, 0.15) is 35.3 Å². The first kappa shape index (κ1) is 20.4. The Morgan fingerprint density at radius 2 is 1.75 bits per heavy atom. The van der Waals surface area contributed by atoms with E-state index in [4.69, 9.17) is 4.74 Å². The van der Waals surface area contributed by atoms with Crippen LogP contribution < -0.4 is 4.72 Å². The van der Waals surface area contributed by atoms with Crippen molar-refractivity contribution in [2.75, 3.05) is 17.8 Å². The zero-order valence-electron chi connectivity index (χ0n) is 16.6. The summed E-state index contributed by atoms with van der Waals surface area (Å²) in [5.41, 5.74) is 2.58. The lowest BCUT2D eigenvalue weighted by atomic mass is 10.1. The summed E-state index contributed by atoms with van der Waals surface area (Å²) in [5, 5.41) is 0. The first-order chi connectivity index (χ1) is 13.2. The molecule has 1 saturated heterocycles. The monoisotopic (exact) mass is 402 g/mol. The van der Waals surface area contributed by atoms with E-state index < -0.39 is 10.0 Å². The van der Waals surface area contributed by atoms with Gasteiger partial charge in [0, 0.05) is 24.3 Å².